The predicted molar refractivity (Wildman–Crippen MR) is 107 cm³/mol. The number of hydrogen-bond donors (Lipinski definition) is 0. The lowest BCUT2D eigenvalue weighted by atomic mass is 9.91. The summed E-state index contributed by atoms with van der Waals surface area (Å²) >= 11 is 0. The predicted octanol–water partition coefficient (Wildman–Crippen LogP) is 3.53. The number of nitrogens with zero attached hydrogens (tertiary/aromatic N) is 1. The minimum atomic E-state index is -0.557. The molecule has 0 spiro atoms. The smallest absolute Gasteiger partial charge is 0.341 e. The largest absolute Gasteiger partial charge is 0.496 e. The van der Waals surface area contributed by atoms with Gasteiger partial charge in [0.2, 0.25) is 0 Å². The van der Waals surface area contributed by atoms with Gasteiger partial charge < -0.3 is 9.47 Å². The van der Waals surface area contributed by atoms with Crippen LogP contribution in [0.25, 0.3) is 10.8 Å². The number of amides is 2. The second kappa shape index (κ2) is 6.17. The van der Waals surface area contributed by atoms with E-state index in [-0.39, 0.29) is 23.1 Å². The van der Waals surface area contributed by atoms with Gasteiger partial charge in [0.15, 0.2) is 0 Å². The zero-order chi connectivity index (χ0) is 20.3. The Kier molecular flexibility index (Phi) is 3.71. The summed E-state index contributed by atoms with van der Waals surface area (Å²) in [6, 6.07) is 12.1. The van der Waals surface area contributed by atoms with Crippen molar-refractivity contribution < 1.29 is 23.9 Å². The van der Waals surface area contributed by atoms with E-state index in [1.165, 1.54) is 37.5 Å². The van der Waals surface area contributed by atoms with Crippen molar-refractivity contribution in [2.24, 2.45) is 0 Å². The van der Waals surface area contributed by atoms with Crippen LogP contribution in [0.1, 0.15) is 42.2 Å². The van der Waals surface area contributed by atoms with Gasteiger partial charge in [-0.05, 0) is 53.6 Å². The highest BCUT2D eigenvalue weighted by molar-refractivity contribution is 6.36. The number of esters is 1. The first-order valence-electron chi connectivity index (χ1n) is 9.27. The Morgan fingerprint density at radius 3 is 2.03 bits per heavy atom. The summed E-state index contributed by atoms with van der Waals surface area (Å²) in [6.07, 6.45) is 1.85. The molecule has 144 valence electrons. The van der Waals surface area contributed by atoms with Gasteiger partial charge in [-0.2, -0.15) is 0 Å². The number of rotatable bonds is 3. The third-order valence-corrected chi connectivity index (χ3v) is 5.71. The van der Waals surface area contributed by atoms with Gasteiger partial charge in [-0.15, -0.1) is 0 Å². The van der Waals surface area contributed by atoms with Gasteiger partial charge in [0.25, 0.3) is 11.8 Å². The topological polar surface area (TPSA) is 72.9 Å². The summed E-state index contributed by atoms with van der Waals surface area (Å²) in [4.78, 5) is 39.7. The number of carbonyl (C=O) groups excluding carboxylic acids is 3. The van der Waals surface area contributed by atoms with Crippen LogP contribution < -0.4 is 9.64 Å². The number of benzene rings is 3. The SMILES string of the molecule is COC(=O)c1ccc(N2C(=O)c3ccc4c5c(ccc(c35)C2=O)CC4)cc1OC. The Bertz CT molecular complexity index is 1180. The molecule has 29 heavy (non-hydrogen) atoms. The van der Waals surface area contributed by atoms with E-state index in [1.54, 1.807) is 18.2 Å². The summed E-state index contributed by atoms with van der Waals surface area (Å²) in [5, 5.41) is 1.79. The van der Waals surface area contributed by atoms with E-state index in [2.05, 4.69) is 0 Å². The molecule has 3 aromatic rings. The summed E-state index contributed by atoms with van der Waals surface area (Å²) < 4.78 is 10.0. The van der Waals surface area contributed by atoms with E-state index in [9.17, 15) is 14.4 Å². The maximum Gasteiger partial charge on any atom is 0.341 e. The number of hydrogen-bond acceptors (Lipinski definition) is 5. The molecule has 0 aromatic heterocycles. The van der Waals surface area contributed by atoms with Crippen LogP contribution in [0.5, 0.6) is 5.75 Å². The molecule has 0 saturated carbocycles. The maximum atomic E-state index is 13.3. The molecule has 6 heteroatoms. The van der Waals surface area contributed by atoms with E-state index in [4.69, 9.17) is 9.47 Å². The lowest BCUT2D eigenvalue weighted by Crippen LogP contribution is -2.40. The highest BCUT2D eigenvalue weighted by Gasteiger charge is 2.36. The van der Waals surface area contributed by atoms with Crippen LogP contribution >= 0.6 is 0 Å². The number of aryl methyl sites for hydroxylation is 2. The summed E-state index contributed by atoms with van der Waals surface area (Å²) in [5.74, 6) is -1.09. The molecule has 3 aromatic carbocycles. The average molecular weight is 387 g/mol. The van der Waals surface area contributed by atoms with Crippen LogP contribution in [0.2, 0.25) is 0 Å². The third-order valence-electron chi connectivity index (χ3n) is 5.71. The molecule has 0 fully saturated rings. The molecule has 5 rings (SSSR count). The van der Waals surface area contributed by atoms with Crippen LogP contribution in [0, 0.1) is 0 Å². The Hall–Kier alpha value is -3.67. The van der Waals surface area contributed by atoms with E-state index in [1.807, 2.05) is 12.1 Å². The third kappa shape index (κ3) is 2.32. The van der Waals surface area contributed by atoms with Crippen LogP contribution in [-0.4, -0.2) is 32.0 Å². The van der Waals surface area contributed by atoms with Gasteiger partial charge in [0.1, 0.15) is 11.3 Å². The molecule has 1 aliphatic carbocycles. The zero-order valence-corrected chi connectivity index (χ0v) is 15.9. The standard InChI is InChI=1S/C23H17NO5/c1-28-18-11-14(7-10-15(18)23(27)29-2)24-21(25)16-8-5-12-3-4-13-6-9-17(22(24)26)20(16)19(12)13/h5-11H,3-4H2,1-2H3. The molecular formula is C23H17NO5. The van der Waals surface area contributed by atoms with Crippen molar-refractivity contribution in [3.8, 4) is 5.75 Å². The average Bonchev–Trinajstić information content (AvgIpc) is 3.17. The normalized spacial score (nSPS) is 14.5. The van der Waals surface area contributed by atoms with Crippen molar-refractivity contribution in [3.63, 3.8) is 0 Å². The van der Waals surface area contributed by atoms with E-state index in [0.29, 0.717) is 16.8 Å². The molecule has 6 nitrogen and oxygen atoms in total. The minimum Gasteiger partial charge on any atom is -0.496 e. The van der Waals surface area contributed by atoms with Crippen molar-refractivity contribution in [3.05, 3.63) is 70.3 Å². The first kappa shape index (κ1) is 17.4. The number of ether oxygens (including phenoxy) is 2. The maximum absolute atomic E-state index is 13.3. The van der Waals surface area contributed by atoms with Crippen molar-refractivity contribution >= 4 is 34.2 Å². The van der Waals surface area contributed by atoms with Gasteiger partial charge >= 0.3 is 5.97 Å². The molecule has 1 aliphatic heterocycles. The monoisotopic (exact) mass is 387 g/mol. The van der Waals surface area contributed by atoms with Crippen LogP contribution in [-0.2, 0) is 17.6 Å². The number of anilines is 1. The highest BCUT2D eigenvalue weighted by atomic mass is 16.5. The molecule has 0 atom stereocenters. The van der Waals surface area contributed by atoms with Crippen LogP contribution in [0.15, 0.2) is 42.5 Å². The molecular weight excluding hydrogens is 370 g/mol. The number of imide groups is 1. The first-order chi connectivity index (χ1) is 14.0. The summed E-state index contributed by atoms with van der Waals surface area (Å²) in [7, 11) is 2.69. The Balaban J connectivity index is 1.68. The lowest BCUT2D eigenvalue weighted by molar-refractivity contribution is 0.0597. The molecule has 0 bridgehead atoms. The highest BCUT2D eigenvalue weighted by Crippen LogP contribution is 2.40. The van der Waals surface area contributed by atoms with E-state index >= 15 is 0 Å². The molecule has 0 saturated heterocycles. The molecule has 0 unspecified atom stereocenters. The number of methoxy groups -OCH3 is 2. The van der Waals surface area contributed by atoms with Gasteiger partial charge in [0.05, 0.1) is 19.9 Å². The van der Waals surface area contributed by atoms with Crippen molar-refractivity contribution in [2.45, 2.75) is 12.8 Å². The number of carbonyl (C=O) groups is 3. The van der Waals surface area contributed by atoms with Gasteiger partial charge in [-0.3, -0.25) is 9.59 Å². The quantitative estimate of drug-likeness (QED) is 0.508. The van der Waals surface area contributed by atoms with Gasteiger partial charge in [-0.1, -0.05) is 12.1 Å². The van der Waals surface area contributed by atoms with E-state index < -0.39 is 5.97 Å². The fourth-order valence-corrected chi connectivity index (χ4v) is 4.35. The molecule has 0 radical (unpaired) electrons. The molecule has 2 amide bonds. The van der Waals surface area contributed by atoms with Gasteiger partial charge in [-0.25, -0.2) is 9.69 Å². The van der Waals surface area contributed by atoms with Crippen molar-refractivity contribution in [2.75, 3.05) is 19.1 Å². The van der Waals surface area contributed by atoms with Crippen molar-refractivity contribution in [1.82, 2.24) is 0 Å². The minimum absolute atomic E-state index is 0.221. The van der Waals surface area contributed by atoms with Gasteiger partial charge in [0, 0.05) is 22.6 Å². The fourth-order valence-electron chi connectivity index (χ4n) is 4.35. The molecule has 2 aliphatic rings. The first-order valence-corrected chi connectivity index (χ1v) is 9.27. The molecule has 1 heterocycles. The zero-order valence-electron chi connectivity index (χ0n) is 15.9. The summed E-state index contributed by atoms with van der Waals surface area (Å²) in [5.41, 5.74) is 3.94. The summed E-state index contributed by atoms with van der Waals surface area (Å²) in [6.45, 7) is 0. The van der Waals surface area contributed by atoms with E-state index in [0.717, 1.165) is 28.5 Å². The Labute approximate surface area is 166 Å². The second-order valence-corrected chi connectivity index (χ2v) is 7.12. The lowest BCUT2D eigenvalue weighted by Gasteiger charge is -2.28. The van der Waals surface area contributed by atoms with Crippen LogP contribution in [0.3, 0.4) is 0 Å². The Morgan fingerprint density at radius 1 is 0.862 bits per heavy atom. The van der Waals surface area contributed by atoms with Crippen molar-refractivity contribution in [1.29, 1.82) is 0 Å². The fraction of sp³-hybridized carbons (Fsp3) is 0.174. The Morgan fingerprint density at radius 2 is 1.48 bits per heavy atom. The second-order valence-electron chi connectivity index (χ2n) is 7.12. The van der Waals surface area contributed by atoms with Crippen LogP contribution in [0.4, 0.5) is 5.69 Å². The molecule has 0 N–H and O–H groups in total.